The van der Waals surface area contributed by atoms with E-state index in [4.69, 9.17) is 5.73 Å². The summed E-state index contributed by atoms with van der Waals surface area (Å²) in [6.07, 6.45) is 1.76. The van der Waals surface area contributed by atoms with Crippen molar-refractivity contribution in [3.63, 3.8) is 0 Å². The maximum absolute atomic E-state index is 5.61. The fourth-order valence-electron chi connectivity index (χ4n) is 0.696. The average molecular weight is 171 g/mol. The molecule has 11 heavy (non-hydrogen) atoms. The minimum atomic E-state index is 0.192. The highest BCUT2D eigenvalue weighted by Gasteiger charge is 2.14. The van der Waals surface area contributed by atoms with Crippen molar-refractivity contribution in [1.29, 1.82) is 0 Å². The molecule has 0 aliphatic rings. The normalized spacial score (nSPS) is 11.9. The minimum Gasteiger partial charge on any atom is -0.383 e. The zero-order valence-electron chi connectivity index (χ0n) is 7.01. The molecule has 0 saturated carbocycles. The average Bonchev–Trinajstić information content (AvgIpc) is 2.12. The van der Waals surface area contributed by atoms with Crippen LogP contribution < -0.4 is 5.73 Å². The number of aromatic amines is 1. The number of hydrogen-bond acceptors (Lipinski definition) is 3. The summed E-state index contributed by atoms with van der Waals surface area (Å²) in [5.74, 6) is 0.657. The third-order valence-corrected chi connectivity index (χ3v) is 2.21. The number of nitrogens with zero attached hydrogens (tertiary/aromatic N) is 1. The molecule has 0 bridgehead atoms. The van der Waals surface area contributed by atoms with Crippen LogP contribution in [0.5, 0.6) is 0 Å². The maximum atomic E-state index is 5.61. The van der Waals surface area contributed by atoms with Crippen molar-refractivity contribution in [3.05, 3.63) is 6.20 Å². The van der Waals surface area contributed by atoms with Crippen LogP contribution >= 0.6 is 11.8 Å². The quantitative estimate of drug-likeness (QED) is 0.634. The molecule has 3 N–H and O–H groups in total. The van der Waals surface area contributed by atoms with E-state index in [1.165, 1.54) is 0 Å². The van der Waals surface area contributed by atoms with Crippen molar-refractivity contribution in [2.45, 2.75) is 30.4 Å². The molecule has 1 heterocycles. The number of rotatable bonds is 1. The lowest BCUT2D eigenvalue weighted by atomic mass is 10.3. The fraction of sp³-hybridized carbons (Fsp3) is 0.571. The van der Waals surface area contributed by atoms with Gasteiger partial charge in [-0.15, -0.1) is 11.8 Å². The van der Waals surface area contributed by atoms with Gasteiger partial charge in [-0.25, -0.2) is 0 Å². The van der Waals surface area contributed by atoms with Crippen molar-refractivity contribution in [1.82, 2.24) is 10.2 Å². The smallest absolute Gasteiger partial charge is 0.132 e. The van der Waals surface area contributed by atoms with E-state index in [9.17, 15) is 0 Å². The van der Waals surface area contributed by atoms with Crippen LogP contribution in [-0.4, -0.2) is 14.9 Å². The first kappa shape index (κ1) is 8.46. The van der Waals surface area contributed by atoms with Crippen LogP contribution in [0.25, 0.3) is 0 Å². The van der Waals surface area contributed by atoms with E-state index in [1.807, 2.05) is 0 Å². The number of nitrogens with two attached hydrogens (primary N) is 1. The van der Waals surface area contributed by atoms with Crippen LogP contribution in [0.1, 0.15) is 20.8 Å². The lowest BCUT2D eigenvalue weighted by Crippen LogP contribution is -2.06. The van der Waals surface area contributed by atoms with Crippen LogP contribution in [0, 0.1) is 0 Å². The fourth-order valence-corrected chi connectivity index (χ4v) is 1.62. The van der Waals surface area contributed by atoms with E-state index in [2.05, 4.69) is 31.0 Å². The van der Waals surface area contributed by atoms with E-state index in [0.717, 1.165) is 4.90 Å². The Morgan fingerprint density at radius 1 is 1.55 bits per heavy atom. The van der Waals surface area contributed by atoms with Gasteiger partial charge in [0.2, 0.25) is 0 Å². The highest BCUT2D eigenvalue weighted by molar-refractivity contribution is 8.00. The standard InChI is InChI=1S/C7H13N3S/c1-7(2,3)11-5-4-9-10-6(5)8/h4H,1-3H3,(H3,8,9,10). The molecule has 4 heteroatoms. The number of H-pyrrole nitrogens is 1. The Bertz CT molecular complexity index is 236. The van der Waals surface area contributed by atoms with Gasteiger partial charge in [-0.3, -0.25) is 5.10 Å². The molecule has 0 saturated heterocycles. The SMILES string of the molecule is CC(C)(C)Sc1cn[nH]c1N. The maximum Gasteiger partial charge on any atom is 0.132 e. The topological polar surface area (TPSA) is 54.7 Å². The molecule has 1 aromatic rings. The molecule has 0 spiro atoms. The summed E-state index contributed by atoms with van der Waals surface area (Å²) in [5, 5.41) is 6.53. The lowest BCUT2D eigenvalue weighted by molar-refractivity contribution is 0.803. The van der Waals surface area contributed by atoms with Crippen molar-refractivity contribution in [2.24, 2.45) is 0 Å². The van der Waals surface area contributed by atoms with Gasteiger partial charge in [0, 0.05) is 4.75 Å². The van der Waals surface area contributed by atoms with E-state index in [-0.39, 0.29) is 4.75 Å². The minimum absolute atomic E-state index is 0.192. The first-order valence-corrected chi connectivity index (χ1v) is 4.28. The molecule has 0 atom stereocenters. The van der Waals surface area contributed by atoms with Crippen LogP contribution in [-0.2, 0) is 0 Å². The van der Waals surface area contributed by atoms with Gasteiger partial charge in [-0.1, -0.05) is 20.8 Å². The molecule has 0 amide bonds. The molecular weight excluding hydrogens is 158 g/mol. The van der Waals surface area contributed by atoms with Crippen molar-refractivity contribution in [3.8, 4) is 0 Å². The van der Waals surface area contributed by atoms with E-state index < -0.39 is 0 Å². The van der Waals surface area contributed by atoms with Gasteiger partial charge >= 0.3 is 0 Å². The number of nitrogen functional groups attached to an aromatic ring is 1. The molecule has 1 aromatic heterocycles. The third kappa shape index (κ3) is 2.46. The van der Waals surface area contributed by atoms with Gasteiger partial charge in [0.15, 0.2) is 0 Å². The molecular formula is C7H13N3S. The second-order valence-electron chi connectivity index (χ2n) is 3.36. The molecule has 0 radical (unpaired) electrons. The van der Waals surface area contributed by atoms with Crippen molar-refractivity contribution < 1.29 is 0 Å². The van der Waals surface area contributed by atoms with E-state index in [0.29, 0.717) is 5.82 Å². The van der Waals surface area contributed by atoms with E-state index >= 15 is 0 Å². The first-order chi connectivity index (χ1) is 4.99. The first-order valence-electron chi connectivity index (χ1n) is 3.47. The molecule has 1 rings (SSSR count). The second kappa shape index (κ2) is 2.77. The zero-order chi connectivity index (χ0) is 8.48. The Hall–Kier alpha value is -0.640. The summed E-state index contributed by atoms with van der Waals surface area (Å²) in [4.78, 5) is 1.03. The predicted octanol–water partition coefficient (Wildman–Crippen LogP) is 1.88. The Morgan fingerprint density at radius 3 is 2.55 bits per heavy atom. The number of nitrogens with one attached hydrogen (secondary N) is 1. The third-order valence-electron chi connectivity index (χ3n) is 1.05. The summed E-state index contributed by atoms with van der Waals surface area (Å²) in [5.41, 5.74) is 5.61. The Balaban J connectivity index is 2.72. The predicted molar refractivity (Wildman–Crippen MR) is 48.6 cm³/mol. The van der Waals surface area contributed by atoms with Gasteiger partial charge in [0.05, 0.1) is 11.1 Å². The Kier molecular flexibility index (Phi) is 2.13. The summed E-state index contributed by atoms with van der Waals surface area (Å²) < 4.78 is 0.192. The lowest BCUT2D eigenvalue weighted by Gasteiger charge is -2.15. The largest absolute Gasteiger partial charge is 0.383 e. The molecule has 3 nitrogen and oxygen atoms in total. The number of hydrogen-bond donors (Lipinski definition) is 2. The highest BCUT2D eigenvalue weighted by Crippen LogP contribution is 2.33. The molecule has 0 aromatic carbocycles. The van der Waals surface area contributed by atoms with Crippen molar-refractivity contribution in [2.75, 3.05) is 5.73 Å². The van der Waals surface area contributed by atoms with Crippen LogP contribution in [0.4, 0.5) is 5.82 Å². The molecule has 0 aliphatic heterocycles. The zero-order valence-corrected chi connectivity index (χ0v) is 7.83. The highest BCUT2D eigenvalue weighted by atomic mass is 32.2. The van der Waals surface area contributed by atoms with Crippen LogP contribution in [0.2, 0.25) is 0 Å². The van der Waals surface area contributed by atoms with Gasteiger partial charge in [0.1, 0.15) is 5.82 Å². The summed E-state index contributed by atoms with van der Waals surface area (Å²) >= 11 is 1.72. The molecule has 0 unspecified atom stereocenters. The Morgan fingerprint density at radius 2 is 2.18 bits per heavy atom. The van der Waals surface area contributed by atoms with Gasteiger partial charge in [0.25, 0.3) is 0 Å². The number of aromatic nitrogens is 2. The molecule has 62 valence electrons. The second-order valence-corrected chi connectivity index (χ2v) is 5.23. The Labute approximate surface area is 70.8 Å². The van der Waals surface area contributed by atoms with Gasteiger partial charge in [-0.05, 0) is 0 Å². The monoisotopic (exact) mass is 171 g/mol. The van der Waals surface area contributed by atoms with Gasteiger partial charge in [-0.2, -0.15) is 5.10 Å². The number of anilines is 1. The summed E-state index contributed by atoms with van der Waals surface area (Å²) in [7, 11) is 0. The number of thioether (sulfide) groups is 1. The van der Waals surface area contributed by atoms with Crippen LogP contribution in [0.15, 0.2) is 11.1 Å². The van der Waals surface area contributed by atoms with Crippen LogP contribution in [0.3, 0.4) is 0 Å². The summed E-state index contributed by atoms with van der Waals surface area (Å²) in [6.45, 7) is 6.43. The van der Waals surface area contributed by atoms with Gasteiger partial charge < -0.3 is 5.73 Å². The molecule has 0 aliphatic carbocycles. The summed E-state index contributed by atoms with van der Waals surface area (Å²) in [6, 6.07) is 0. The molecule has 0 fully saturated rings. The van der Waals surface area contributed by atoms with Crippen molar-refractivity contribution >= 4 is 17.6 Å². The van der Waals surface area contributed by atoms with E-state index in [1.54, 1.807) is 18.0 Å².